The van der Waals surface area contributed by atoms with Crippen molar-refractivity contribution in [3.8, 4) is 0 Å². The smallest absolute Gasteiger partial charge is 0.338 e. The summed E-state index contributed by atoms with van der Waals surface area (Å²) in [5.41, 5.74) is -2.42. The van der Waals surface area contributed by atoms with Crippen LogP contribution in [0.2, 0.25) is 0 Å². The van der Waals surface area contributed by atoms with E-state index >= 15 is 0 Å². The van der Waals surface area contributed by atoms with Gasteiger partial charge in [0.25, 0.3) is 0 Å². The minimum Gasteiger partial charge on any atom is -0.459 e. The molecule has 2 atom stereocenters. The first kappa shape index (κ1) is 25.5. The molecule has 12 heteroatoms. The molecule has 1 aromatic heterocycles. The Balaban J connectivity index is 2.03. The number of aromatic nitrogens is 3. The average molecular weight is 463 g/mol. The van der Waals surface area contributed by atoms with Crippen molar-refractivity contribution in [3.05, 3.63) is 79.5 Å². The van der Waals surface area contributed by atoms with Gasteiger partial charge in [0.05, 0.1) is 30.3 Å². The van der Waals surface area contributed by atoms with Crippen LogP contribution in [0.1, 0.15) is 27.6 Å². The van der Waals surface area contributed by atoms with Gasteiger partial charge in [-0.3, -0.25) is 0 Å². The molecule has 2 N–H and O–H groups in total. The van der Waals surface area contributed by atoms with E-state index in [-0.39, 0.29) is 24.3 Å². The Labute approximate surface area is 187 Å². The second-order valence-electron chi connectivity index (χ2n) is 7.19. The summed E-state index contributed by atoms with van der Waals surface area (Å²) in [7, 11) is 1.19. The predicted octanol–water partition coefficient (Wildman–Crippen LogP) is -1.35. The third-order valence-electron chi connectivity index (χ3n) is 4.42. The minimum atomic E-state index is -1.41. The fourth-order valence-electron chi connectivity index (χ4n) is 2.74. The van der Waals surface area contributed by atoms with Crippen molar-refractivity contribution >= 4 is 11.9 Å². The molecule has 0 saturated heterocycles. The molecule has 0 aliphatic heterocycles. The number of carbonyl (C=O) groups excluding carboxylic acids is 2. The molecular formula is C21H25N3O9. The third-order valence-corrected chi connectivity index (χ3v) is 4.42. The zero-order chi connectivity index (χ0) is 24.7. The van der Waals surface area contributed by atoms with Crippen LogP contribution in [0.15, 0.2) is 51.3 Å². The maximum Gasteiger partial charge on any atom is 0.338 e. The number of carbonyl (C=O) groups is 2. The molecular weight excluding hydrogens is 438 g/mol. The first-order valence-corrected chi connectivity index (χ1v) is 9.88. The quantitative estimate of drug-likeness (QED) is 0.321. The van der Waals surface area contributed by atoms with E-state index in [0.717, 1.165) is 9.13 Å². The van der Waals surface area contributed by atoms with Crippen LogP contribution in [0.3, 0.4) is 0 Å². The van der Waals surface area contributed by atoms with Crippen molar-refractivity contribution in [2.24, 2.45) is 7.05 Å². The van der Waals surface area contributed by atoms with Gasteiger partial charge in [0.2, 0.25) is 0 Å². The van der Waals surface area contributed by atoms with Crippen molar-refractivity contribution in [3.63, 3.8) is 0 Å². The van der Waals surface area contributed by atoms with Gasteiger partial charge >= 0.3 is 29.0 Å². The molecule has 1 aromatic carbocycles. The van der Waals surface area contributed by atoms with Crippen LogP contribution in [-0.4, -0.2) is 61.3 Å². The van der Waals surface area contributed by atoms with E-state index in [2.05, 4.69) is 6.58 Å². The zero-order valence-electron chi connectivity index (χ0n) is 18.2. The van der Waals surface area contributed by atoms with Crippen molar-refractivity contribution in [2.75, 3.05) is 13.2 Å². The molecule has 0 fully saturated rings. The summed E-state index contributed by atoms with van der Waals surface area (Å²) in [4.78, 5) is 60.7. The highest BCUT2D eigenvalue weighted by atomic mass is 16.5. The summed E-state index contributed by atoms with van der Waals surface area (Å²) in [5.74, 6) is -1.48. The Morgan fingerprint density at radius 2 is 1.42 bits per heavy atom. The normalized spacial score (nSPS) is 12.6. The summed E-state index contributed by atoms with van der Waals surface area (Å²) in [6, 6.07) is 5.31. The molecule has 0 amide bonds. The monoisotopic (exact) mass is 463 g/mol. The number of ether oxygens (including phenoxy) is 2. The van der Waals surface area contributed by atoms with Crippen molar-refractivity contribution in [1.29, 1.82) is 0 Å². The Morgan fingerprint density at radius 3 is 1.91 bits per heavy atom. The number of hydrogen-bond donors (Lipinski definition) is 2. The van der Waals surface area contributed by atoms with E-state index in [0.29, 0.717) is 4.57 Å². The number of nitrogens with zero attached hydrogens (tertiary/aromatic N) is 3. The molecule has 0 aliphatic carbocycles. The van der Waals surface area contributed by atoms with Crippen LogP contribution >= 0.6 is 0 Å². The van der Waals surface area contributed by atoms with Gasteiger partial charge in [0.15, 0.2) is 0 Å². The standard InChI is InChI=1S/C21H25N3O9/c1-4-9-23-19(29)22(3)20(30)24(21(23)31)10-16(26)12-33-18(28)15-7-5-14(6-8-15)17(27)32-11-13(2)25/h4-8,13,16,25-26H,1,9-12H2,2-3H3. The van der Waals surface area contributed by atoms with Crippen LogP contribution in [0.4, 0.5) is 0 Å². The maximum absolute atomic E-state index is 12.4. The lowest BCUT2D eigenvalue weighted by molar-refractivity contribution is 0.0207. The largest absolute Gasteiger partial charge is 0.459 e. The molecule has 0 bridgehead atoms. The second kappa shape index (κ2) is 11.2. The van der Waals surface area contributed by atoms with Gasteiger partial charge in [0.1, 0.15) is 19.3 Å². The fourth-order valence-corrected chi connectivity index (χ4v) is 2.74. The summed E-state index contributed by atoms with van der Waals surface area (Å²) in [6.45, 7) is 3.58. The van der Waals surface area contributed by atoms with Crippen molar-refractivity contribution < 1.29 is 29.3 Å². The van der Waals surface area contributed by atoms with Crippen LogP contribution in [0.5, 0.6) is 0 Å². The van der Waals surface area contributed by atoms with E-state index in [1.165, 1.54) is 44.3 Å². The topological polar surface area (TPSA) is 159 Å². The number of rotatable bonds is 10. The molecule has 0 saturated carbocycles. The molecule has 0 radical (unpaired) electrons. The molecule has 2 aromatic rings. The SMILES string of the molecule is C=CCn1c(=O)n(C)c(=O)n(CC(O)COC(=O)c2ccc(C(=O)OCC(C)O)cc2)c1=O. The highest BCUT2D eigenvalue weighted by molar-refractivity contribution is 5.93. The predicted molar refractivity (Wildman–Crippen MR) is 115 cm³/mol. The number of esters is 2. The molecule has 178 valence electrons. The zero-order valence-corrected chi connectivity index (χ0v) is 18.2. The van der Waals surface area contributed by atoms with Gasteiger partial charge in [-0.25, -0.2) is 37.7 Å². The summed E-state index contributed by atoms with van der Waals surface area (Å²) in [5, 5.41) is 19.3. The van der Waals surface area contributed by atoms with Crippen molar-refractivity contribution in [2.45, 2.75) is 32.2 Å². The first-order valence-electron chi connectivity index (χ1n) is 9.88. The summed E-state index contributed by atoms with van der Waals surface area (Å²) in [6.07, 6.45) is -0.909. The van der Waals surface area contributed by atoms with Crippen LogP contribution < -0.4 is 17.1 Å². The number of allylic oxidation sites excluding steroid dienone is 1. The summed E-state index contributed by atoms with van der Waals surface area (Å²) < 4.78 is 12.0. The average Bonchev–Trinajstić information content (AvgIpc) is 2.80. The van der Waals surface area contributed by atoms with Gasteiger partial charge < -0.3 is 19.7 Å². The Hall–Kier alpha value is -3.77. The lowest BCUT2D eigenvalue weighted by Gasteiger charge is -2.15. The molecule has 0 aliphatic rings. The van der Waals surface area contributed by atoms with Crippen LogP contribution in [-0.2, 0) is 29.6 Å². The second-order valence-corrected chi connectivity index (χ2v) is 7.19. The van der Waals surface area contributed by atoms with Crippen molar-refractivity contribution in [1.82, 2.24) is 13.7 Å². The molecule has 2 unspecified atom stereocenters. The van der Waals surface area contributed by atoms with Crippen LogP contribution in [0, 0.1) is 0 Å². The molecule has 33 heavy (non-hydrogen) atoms. The summed E-state index contributed by atoms with van der Waals surface area (Å²) >= 11 is 0. The van der Waals surface area contributed by atoms with Gasteiger partial charge in [0, 0.05) is 7.05 Å². The van der Waals surface area contributed by atoms with Gasteiger partial charge in [-0.2, -0.15) is 0 Å². The number of aliphatic hydroxyl groups is 2. The van der Waals surface area contributed by atoms with Gasteiger partial charge in [-0.05, 0) is 31.2 Å². The van der Waals surface area contributed by atoms with E-state index in [1.54, 1.807) is 0 Å². The molecule has 0 spiro atoms. The Bertz CT molecular complexity index is 1190. The lowest BCUT2D eigenvalue weighted by Crippen LogP contribution is -2.54. The molecule has 12 nitrogen and oxygen atoms in total. The number of aliphatic hydroxyl groups excluding tert-OH is 2. The van der Waals surface area contributed by atoms with E-state index < -0.39 is 54.4 Å². The molecule has 2 rings (SSSR count). The number of hydrogen-bond acceptors (Lipinski definition) is 9. The third kappa shape index (κ3) is 6.37. The minimum absolute atomic E-state index is 0.0851. The maximum atomic E-state index is 12.4. The fraction of sp³-hybridized carbons (Fsp3) is 0.381. The lowest BCUT2D eigenvalue weighted by atomic mass is 10.1. The molecule has 1 heterocycles. The van der Waals surface area contributed by atoms with E-state index in [9.17, 15) is 29.1 Å². The van der Waals surface area contributed by atoms with Crippen LogP contribution in [0.25, 0.3) is 0 Å². The Kier molecular flexibility index (Phi) is 8.65. The van der Waals surface area contributed by atoms with E-state index in [4.69, 9.17) is 14.6 Å². The van der Waals surface area contributed by atoms with Gasteiger partial charge in [-0.1, -0.05) is 6.08 Å². The van der Waals surface area contributed by atoms with E-state index in [1.807, 2.05) is 0 Å². The van der Waals surface area contributed by atoms with Gasteiger partial charge in [-0.15, -0.1) is 6.58 Å². The number of benzene rings is 1. The Morgan fingerprint density at radius 1 is 0.939 bits per heavy atom. The highest BCUT2D eigenvalue weighted by Crippen LogP contribution is 2.08. The first-order chi connectivity index (χ1) is 15.6. The highest BCUT2D eigenvalue weighted by Gasteiger charge is 2.18.